The minimum Gasteiger partial charge on any atom is -0.388 e. The highest BCUT2D eigenvalue weighted by atomic mass is 16.1. The van der Waals surface area contributed by atoms with Crippen molar-refractivity contribution in [2.24, 2.45) is 0 Å². The lowest BCUT2D eigenvalue weighted by Crippen LogP contribution is -2.13. The molecule has 2 rings (SSSR count). The standard InChI is InChI=1S/C17H20N2O/c1-12(2)15-9-4-5-10-16(15)19-17(20)13-7-6-8-14(11-13)18-3/h4-12,18H,1-3H3,(H,19,20). The predicted octanol–water partition coefficient (Wildman–Crippen LogP) is 4.10. The second-order valence-electron chi connectivity index (χ2n) is 5.03. The van der Waals surface area contributed by atoms with E-state index in [9.17, 15) is 4.79 Å². The summed E-state index contributed by atoms with van der Waals surface area (Å²) in [6.07, 6.45) is 0. The van der Waals surface area contributed by atoms with Crippen molar-refractivity contribution in [3.8, 4) is 0 Å². The number of rotatable bonds is 4. The SMILES string of the molecule is CNc1cccc(C(=O)Nc2ccccc2C(C)C)c1. The first-order valence-electron chi connectivity index (χ1n) is 6.80. The highest BCUT2D eigenvalue weighted by Crippen LogP contribution is 2.24. The first-order valence-corrected chi connectivity index (χ1v) is 6.80. The molecule has 2 N–H and O–H groups in total. The Bertz CT molecular complexity index is 605. The zero-order valence-corrected chi connectivity index (χ0v) is 12.1. The Morgan fingerprint density at radius 1 is 1.05 bits per heavy atom. The average molecular weight is 268 g/mol. The van der Waals surface area contributed by atoms with Gasteiger partial charge in [-0.1, -0.05) is 38.1 Å². The number of nitrogens with one attached hydrogen (secondary N) is 2. The second kappa shape index (κ2) is 6.24. The van der Waals surface area contributed by atoms with E-state index in [1.54, 1.807) is 0 Å². The third kappa shape index (κ3) is 3.18. The monoisotopic (exact) mass is 268 g/mol. The van der Waals surface area contributed by atoms with Gasteiger partial charge < -0.3 is 10.6 Å². The van der Waals surface area contributed by atoms with E-state index in [1.165, 1.54) is 0 Å². The van der Waals surface area contributed by atoms with Gasteiger partial charge in [0.2, 0.25) is 0 Å². The maximum atomic E-state index is 12.3. The molecular weight excluding hydrogens is 248 g/mol. The molecule has 0 aromatic heterocycles. The average Bonchev–Trinajstić information content (AvgIpc) is 2.47. The molecule has 0 heterocycles. The first kappa shape index (κ1) is 14.1. The van der Waals surface area contributed by atoms with Crippen LogP contribution < -0.4 is 10.6 Å². The quantitative estimate of drug-likeness (QED) is 0.876. The van der Waals surface area contributed by atoms with Crippen LogP contribution in [0.3, 0.4) is 0 Å². The summed E-state index contributed by atoms with van der Waals surface area (Å²) >= 11 is 0. The molecule has 0 aliphatic carbocycles. The summed E-state index contributed by atoms with van der Waals surface area (Å²) in [5.41, 5.74) is 3.60. The molecule has 0 aliphatic rings. The van der Waals surface area contributed by atoms with E-state index in [1.807, 2.05) is 55.6 Å². The number of benzene rings is 2. The molecule has 104 valence electrons. The van der Waals surface area contributed by atoms with Crippen LogP contribution in [-0.2, 0) is 0 Å². The molecule has 0 aliphatic heterocycles. The number of carbonyl (C=O) groups is 1. The van der Waals surface area contributed by atoms with Crippen LogP contribution in [0, 0.1) is 0 Å². The predicted molar refractivity (Wildman–Crippen MR) is 84.5 cm³/mol. The van der Waals surface area contributed by atoms with Crippen molar-refractivity contribution in [1.82, 2.24) is 0 Å². The molecule has 0 atom stereocenters. The van der Waals surface area contributed by atoms with Crippen molar-refractivity contribution in [3.63, 3.8) is 0 Å². The fraction of sp³-hybridized carbons (Fsp3) is 0.235. The number of hydrogen-bond donors (Lipinski definition) is 2. The minimum absolute atomic E-state index is 0.0878. The van der Waals surface area contributed by atoms with Gasteiger partial charge in [-0.05, 0) is 35.7 Å². The Morgan fingerprint density at radius 2 is 1.80 bits per heavy atom. The molecule has 2 aromatic rings. The van der Waals surface area contributed by atoms with E-state index in [4.69, 9.17) is 0 Å². The fourth-order valence-electron chi connectivity index (χ4n) is 2.12. The van der Waals surface area contributed by atoms with Crippen LogP contribution in [0.15, 0.2) is 48.5 Å². The fourth-order valence-corrected chi connectivity index (χ4v) is 2.12. The molecule has 0 radical (unpaired) electrons. The van der Waals surface area contributed by atoms with Crippen LogP contribution in [0.1, 0.15) is 35.7 Å². The number of carbonyl (C=O) groups excluding carboxylic acids is 1. The van der Waals surface area contributed by atoms with Crippen molar-refractivity contribution >= 4 is 17.3 Å². The van der Waals surface area contributed by atoms with Crippen molar-refractivity contribution in [2.75, 3.05) is 17.7 Å². The third-order valence-corrected chi connectivity index (χ3v) is 3.24. The summed E-state index contributed by atoms with van der Waals surface area (Å²) in [4.78, 5) is 12.3. The number of anilines is 2. The van der Waals surface area contributed by atoms with E-state index in [-0.39, 0.29) is 5.91 Å². The summed E-state index contributed by atoms with van der Waals surface area (Å²) in [6, 6.07) is 15.4. The molecule has 20 heavy (non-hydrogen) atoms. The van der Waals surface area contributed by atoms with Crippen molar-refractivity contribution < 1.29 is 4.79 Å². The van der Waals surface area contributed by atoms with Gasteiger partial charge in [0, 0.05) is 24.0 Å². The van der Waals surface area contributed by atoms with Gasteiger partial charge in [-0.25, -0.2) is 0 Å². The lowest BCUT2D eigenvalue weighted by molar-refractivity contribution is 0.102. The summed E-state index contributed by atoms with van der Waals surface area (Å²) in [7, 11) is 1.84. The Kier molecular flexibility index (Phi) is 4.41. The van der Waals surface area contributed by atoms with Gasteiger partial charge in [0.15, 0.2) is 0 Å². The third-order valence-electron chi connectivity index (χ3n) is 3.24. The van der Waals surface area contributed by atoms with E-state index < -0.39 is 0 Å². The number of hydrogen-bond acceptors (Lipinski definition) is 2. The molecule has 0 spiro atoms. The zero-order valence-electron chi connectivity index (χ0n) is 12.1. The molecule has 0 unspecified atom stereocenters. The van der Waals surface area contributed by atoms with Crippen LogP contribution in [0.25, 0.3) is 0 Å². The number of para-hydroxylation sites is 1. The van der Waals surface area contributed by atoms with Gasteiger partial charge in [-0.3, -0.25) is 4.79 Å². The van der Waals surface area contributed by atoms with Gasteiger partial charge >= 0.3 is 0 Å². The summed E-state index contributed by atoms with van der Waals surface area (Å²) < 4.78 is 0. The Morgan fingerprint density at radius 3 is 2.50 bits per heavy atom. The van der Waals surface area contributed by atoms with Crippen molar-refractivity contribution in [3.05, 3.63) is 59.7 Å². The van der Waals surface area contributed by atoms with Crippen LogP contribution in [0.5, 0.6) is 0 Å². The molecule has 0 bridgehead atoms. The maximum Gasteiger partial charge on any atom is 0.255 e. The van der Waals surface area contributed by atoms with Gasteiger partial charge in [0.25, 0.3) is 5.91 Å². The molecule has 1 amide bonds. The van der Waals surface area contributed by atoms with E-state index in [0.29, 0.717) is 11.5 Å². The van der Waals surface area contributed by atoms with Gasteiger partial charge in [0.05, 0.1) is 0 Å². The normalized spacial score (nSPS) is 10.4. The van der Waals surface area contributed by atoms with Gasteiger partial charge in [-0.2, -0.15) is 0 Å². The van der Waals surface area contributed by atoms with Crippen molar-refractivity contribution in [2.45, 2.75) is 19.8 Å². The van der Waals surface area contributed by atoms with Gasteiger partial charge in [-0.15, -0.1) is 0 Å². The first-order chi connectivity index (χ1) is 9.61. The Balaban J connectivity index is 2.23. The molecule has 0 saturated heterocycles. The highest BCUT2D eigenvalue weighted by Gasteiger charge is 2.10. The summed E-state index contributed by atoms with van der Waals surface area (Å²) in [6.45, 7) is 4.24. The second-order valence-corrected chi connectivity index (χ2v) is 5.03. The van der Waals surface area contributed by atoms with Crippen LogP contribution in [0.2, 0.25) is 0 Å². The Hall–Kier alpha value is -2.29. The highest BCUT2D eigenvalue weighted by molar-refractivity contribution is 6.05. The summed E-state index contributed by atoms with van der Waals surface area (Å²) in [5.74, 6) is 0.283. The molecule has 0 fully saturated rings. The lowest BCUT2D eigenvalue weighted by Gasteiger charge is -2.14. The maximum absolute atomic E-state index is 12.3. The zero-order chi connectivity index (χ0) is 14.5. The number of amides is 1. The lowest BCUT2D eigenvalue weighted by atomic mass is 10.0. The van der Waals surface area contributed by atoms with E-state index in [0.717, 1.165) is 16.9 Å². The smallest absolute Gasteiger partial charge is 0.255 e. The topological polar surface area (TPSA) is 41.1 Å². The largest absolute Gasteiger partial charge is 0.388 e. The van der Waals surface area contributed by atoms with E-state index in [2.05, 4.69) is 24.5 Å². The minimum atomic E-state index is -0.0878. The Labute approximate surface area is 120 Å². The van der Waals surface area contributed by atoms with Crippen molar-refractivity contribution in [1.29, 1.82) is 0 Å². The van der Waals surface area contributed by atoms with E-state index >= 15 is 0 Å². The molecule has 2 aromatic carbocycles. The van der Waals surface area contributed by atoms with Crippen LogP contribution >= 0.6 is 0 Å². The van der Waals surface area contributed by atoms with Crippen LogP contribution in [-0.4, -0.2) is 13.0 Å². The molecular formula is C17H20N2O. The van der Waals surface area contributed by atoms with Crippen LogP contribution in [0.4, 0.5) is 11.4 Å². The summed E-state index contributed by atoms with van der Waals surface area (Å²) in [5, 5.41) is 6.03. The molecule has 3 nitrogen and oxygen atoms in total. The van der Waals surface area contributed by atoms with Gasteiger partial charge in [0.1, 0.15) is 0 Å². The molecule has 0 saturated carbocycles. The molecule has 3 heteroatoms.